The van der Waals surface area contributed by atoms with Crippen molar-refractivity contribution in [3.8, 4) is 0 Å². The number of carbonyl (C=O) groups excluding carboxylic acids is 1. The summed E-state index contributed by atoms with van der Waals surface area (Å²) in [6, 6.07) is 12.3. The Hall–Kier alpha value is -2.09. The van der Waals surface area contributed by atoms with E-state index in [4.69, 9.17) is 0 Å². The highest BCUT2D eigenvalue weighted by molar-refractivity contribution is 6.00. The number of hydrogen-bond donors (Lipinski definition) is 1. The molecule has 2 nitrogen and oxygen atoms in total. The van der Waals surface area contributed by atoms with Crippen molar-refractivity contribution >= 4 is 11.5 Å². The molecule has 0 saturated carbocycles. The van der Waals surface area contributed by atoms with Crippen LogP contribution in [0.1, 0.15) is 39.0 Å². The third kappa shape index (κ3) is 2.85. The first-order valence-electron chi connectivity index (χ1n) is 7.60. The maximum Gasteiger partial charge on any atom is 0.167 e. The zero-order chi connectivity index (χ0) is 14.8. The van der Waals surface area contributed by atoms with E-state index in [1.165, 1.54) is 16.7 Å². The van der Waals surface area contributed by atoms with Crippen LogP contribution in [-0.2, 0) is 12.8 Å². The number of hydrogen-bond acceptors (Lipinski definition) is 2. The van der Waals surface area contributed by atoms with Gasteiger partial charge < -0.3 is 5.32 Å². The minimum absolute atomic E-state index is 0.226. The van der Waals surface area contributed by atoms with Crippen molar-refractivity contribution in [1.29, 1.82) is 0 Å². The number of ketones is 1. The highest BCUT2D eigenvalue weighted by atomic mass is 16.1. The normalized spacial score (nSPS) is 13.4. The fraction of sp³-hybridized carbons (Fsp3) is 0.316. The van der Waals surface area contributed by atoms with Crippen molar-refractivity contribution in [2.24, 2.45) is 0 Å². The fourth-order valence-electron chi connectivity index (χ4n) is 3.03. The Bertz CT molecular complexity index is 688. The van der Waals surface area contributed by atoms with Crippen LogP contribution in [0.15, 0.2) is 36.4 Å². The van der Waals surface area contributed by atoms with Crippen LogP contribution in [0.4, 0.5) is 5.69 Å². The summed E-state index contributed by atoms with van der Waals surface area (Å²) in [4.78, 5) is 12.7. The molecule has 0 spiro atoms. The smallest absolute Gasteiger partial charge is 0.167 e. The van der Waals surface area contributed by atoms with Gasteiger partial charge in [-0.1, -0.05) is 35.9 Å². The molecule has 0 aliphatic carbocycles. The number of anilines is 1. The van der Waals surface area contributed by atoms with E-state index in [2.05, 4.69) is 43.4 Å². The maximum atomic E-state index is 12.7. The molecule has 0 unspecified atom stereocenters. The number of nitrogens with one attached hydrogen (secondary N) is 1. The lowest BCUT2D eigenvalue weighted by atomic mass is 9.91. The average molecular weight is 279 g/mol. The van der Waals surface area contributed by atoms with Gasteiger partial charge in [-0.25, -0.2) is 0 Å². The van der Waals surface area contributed by atoms with Gasteiger partial charge in [0, 0.05) is 24.2 Å². The minimum atomic E-state index is 0.226. The van der Waals surface area contributed by atoms with E-state index in [1.54, 1.807) is 0 Å². The molecule has 0 atom stereocenters. The number of aryl methyl sites for hydroxylation is 2. The van der Waals surface area contributed by atoms with Crippen LogP contribution < -0.4 is 5.32 Å². The molecule has 1 aliphatic rings. The van der Waals surface area contributed by atoms with Gasteiger partial charge in [0.1, 0.15) is 0 Å². The molecule has 0 saturated heterocycles. The van der Waals surface area contributed by atoms with Gasteiger partial charge in [-0.15, -0.1) is 0 Å². The first-order chi connectivity index (χ1) is 10.1. The van der Waals surface area contributed by atoms with Crippen molar-refractivity contribution < 1.29 is 4.79 Å². The van der Waals surface area contributed by atoms with Gasteiger partial charge in [0.25, 0.3) is 0 Å². The van der Waals surface area contributed by atoms with Crippen molar-refractivity contribution in [2.45, 2.75) is 33.1 Å². The SMILES string of the molecule is Cc1ccc(C)c(CC(=O)c2cccc3c2CCCN3)c1. The topological polar surface area (TPSA) is 29.1 Å². The number of benzene rings is 2. The molecule has 2 aromatic carbocycles. The molecule has 108 valence electrons. The Morgan fingerprint density at radius 1 is 1.19 bits per heavy atom. The second-order valence-electron chi connectivity index (χ2n) is 5.89. The monoisotopic (exact) mass is 279 g/mol. The molecule has 0 fully saturated rings. The summed E-state index contributed by atoms with van der Waals surface area (Å²) in [7, 11) is 0. The van der Waals surface area contributed by atoms with Gasteiger partial charge in [0.05, 0.1) is 0 Å². The summed E-state index contributed by atoms with van der Waals surface area (Å²) in [5, 5.41) is 3.39. The van der Waals surface area contributed by atoms with E-state index in [9.17, 15) is 4.79 Å². The quantitative estimate of drug-likeness (QED) is 0.857. The Morgan fingerprint density at radius 2 is 2.05 bits per heavy atom. The first kappa shape index (κ1) is 13.9. The van der Waals surface area contributed by atoms with Crippen molar-refractivity contribution in [3.05, 3.63) is 64.2 Å². The van der Waals surface area contributed by atoms with Crippen LogP contribution in [0.25, 0.3) is 0 Å². The van der Waals surface area contributed by atoms with Crippen LogP contribution in [0, 0.1) is 13.8 Å². The summed E-state index contributed by atoms with van der Waals surface area (Å²) in [6.45, 7) is 5.15. The van der Waals surface area contributed by atoms with Crippen LogP contribution in [-0.4, -0.2) is 12.3 Å². The molecule has 3 rings (SSSR count). The average Bonchev–Trinajstić information content (AvgIpc) is 2.50. The fourth-order valence-corrected chi connectivity index (χ4v) is 3.03. The summed E-state index contributed by atoms with van der Waals surface area (Å²) >= 11 is 0. The Balaban J connectivity index is 1.91. The highest BCUT2D eigenvalue weighted by Crippen LogP contribution is 2.26. The summed E-state index contributed by atoms with van der Waals surface area (Å²) in [5.74, 6) is 0.226. The Morgan fingerprint density at radius 3 is 2.90 bits per heavy atom. The van der Waals surface area contributed by atoms with Gasteiger partial charge in [0.15, 0.2) is 5.78 Å². The van der Waals surface area contributed by atoms with Gasteiger partial charge in [-0.3, -0.25) is 4.79 Å². The molecule has 0 bridgehead atoms. The number of Topliss-reactive ketones (excluding diaryl/α,β-unsaturated/α-hetero) is 1. The van der Waals surface area contributed by atoms with Gasteiger partial charge in [-0.05, 0) is 49.4 Å². The first-order valence-corrected chi connectivity index (χ1v) is 7.60. The third-order valence-corrected chi connectivity index (χ3v) is 4.25. The second-order valence-corrected chi connectivity index (χ2v) is 5.89. The summed E-state index contributed by atoms with van der Waals surface area (Å²) < 4.78 is 0. The van der Waals surface area contributed by atoms with Crippen LogP contribution in [0.3, 0.4) is 0 Å². The lowest BCUT2D eigenvalue weighted by molar-refractivity contribution is 0.0992. The largest absolute Gasteiger partial charge is 0.385 e. The Kier molecular flexibility index (Phi) is 3.78. The number of carbonyl (C=O) groups is 1. The zero-order valence-corrected chi connectivity index (χ0v) is 12.7. The summed E-state index contributed by atoms with van der Waals surface area (Å²) in [5.41, 5.74) is 6.76. The minimum Gasteiger partial charge on any atom is -0.385 e. The Labute approximate surface area is 126 Å². The van der Waals surface area contributed by atoms with Crippen LogP contribution in [0.5, 0.6) is 0 Å². The van der Waals surface area contributed by atoms with Crippen molar-refractivity contribution in [2.75, 3.05) is 11.9 Å². The predicted octanol–water partition coefficient (Wildman–Crippen LogP) is 4.09. The summed E-state index contributed by atoms with van der Waals surface area (Å²) in [6.07, 6.45) is 2.59. The van der Waals surface area contributed by atoms with E-state index >= 15 is 0 Å². The molecule has 0 radical (unpaired) electrons. The van der Waals surface area contributed by atoms with E-state index in [0.717, 1.165) is 36.2 Å². The molecular formula is C19H21NO. The van der Waals surface area contributed by atoms with Crippen molar-refractivity contribution in [3.63, 3.8) is 0 Å². The van der Waals surface area contributed by atoms with E-state index in [1.807, 2.05) is 12.1 Å². The molecule has 2 aromatic rings. The molecular weight excluding hydrogens is 258 g/mol. The molecule has 1 heterocycles. The van der Waals surface area contributed by atoms with E-state index in [-0.39, 0.29) is 5.78 Å². The zero-order valence-electron chi connectivity index (χ0n) is 12.7. The van der Waals surface area contributed by atoms with Crippen LogP contribution >= 0.6 is 0 Å². The predicted molar refractivity (Wildman–Crippen MR) is 87.2 cm³/mol. The number of rotatable bonds is 3. The third-order valence-electron chi connectivity index (χ3n) is 4.25. The van der Waals surface area contributed by atoms with E-state index in [0.29, 0.717) is 6.42 Å². The molecule has 2 heteroatoms. The highest BCUT2D eigenvalue weighted by Gasteiger charge is 2.18. The van der Waals surface area contributed by atoms with Gasteiger partial charge >= 0.3 is 0 Å². The van der Waals surface area contributed by atoms with E-state index < -0.39 is 0 Å². The van der Waals surface area contributed by atoms with Crippen LogP contribution in [0.2, 0.25) is 0 Å². The lowest BCUT2D eigenvalue weighted by Gasteiger charge is -2.20. The van der Waals surface area contributed by atoms with Crippen molar-refractivity contribution in [1.82, 2.24) is 0 Å². The molecule has 1 N–H and O–H groups in total. The van der Waals surface area contributed by atoms with Gasteiger partial charge in [0.2, 0.25) is 0 Å². The second kappa shape index (κ2) is 5.72. The molecule has 21 heavy (non-hydrogen) atoms. The molecule has 0 amide bonds. The lowest BCUT2D eigenvalue weighted by Crippen LogP contribution is -2.16. The molecule has 1 aliphatic heterocycles. The molecule has 0 aromatic heterocycles. The van der Waals surface area contributed by atoms with Gasteiger partial charge in [-0.2, -0.15) is 0 Å². The maximum absolute atomic E-state index is 12.7. The number of fused-ring (bicyclic) bond motifs is 1. The standard InChI is InChI=1S/C19H21NO/c1-13-8-9-14(2)15(11-13)12-19(21)17-5-3-7-18-16(17)6-4-10-20-18/h3,5,7-9,11,20H,4,6,10,12H2,1-2H3.